The number of carbonyl (C=O) groups is 2. The van der Waals surface area contributed by atoms with Crippen LogP contribution in [0.5, 0.6) is 11.5 Å². The highest BCUT2D eigenvalue weighted by Gasteiger charge is 2.27. The average Bonchev–Trinajstić information content (AvgIpc) is 2.79. The topological polar surface area (TPSA) is 55.8 Å². The maximum atomic E-state index is 12.8. The van der Waals surface area contributed by atoms with Gasteiger partial charge >= 0.3 is 5.97 Å². The molecule has 30 heavy (non-hydrogen) atoms. The number of nitrogens with zero attached hydrogens (tertiary/aromatic N) is 1. The van der Waals surface area contributed by atoms with Crippen molar-refractivity contribution >= 4 is 11.9 Å². The van der Waals surface area contributed by atoms with E-state index in [1.807, 2.05) is 48.5 Å². The highest BCUT2D eigenvalue weighted by atomic mass is 16.5. The number of amides is 1. The Balaban J connectivity index is 1.34. The third-order valence-corrected chi connectivity index (χ3v) is 5.14. The Labute approximate surface area is 175 Å². The van der Waals surface area contributed by atoms with Crippen LogP contribution in [-0.2, 0) is 22.5 Å². The second-order valence-electron chi connectivity index (χ2n) is 7.27. The fraction of sp³-hybridized carbons (Fsp3) is 0.200. The van der Waals surface area contributed by atoms with E-state index in [4.69, 9.17) is 9.47 Å². The fourth-order valence-electron chi connectivity index (χ4n) is 3.50. The first-order valence-corrected chi connectivity index (χ1v) is 9.99. The minimum atomic E-state index is -0.844. The van der Waals surface area contributed by atoms with Gasteiger partial charge in [0.1, 0.15) is 11.5 Å². The van der Waals surface area contributed by atoms with E-state index < -0.39 is 12.1 Å². The van der Waals surface area contributed by atoms with Gasteiger partial charge in [-0.15, -0.1) is 0 Å². The van der Waals surface area contributed by atoms with E-state index in [1.165, 1.54) is 5.56 Å². The predicted molar refractivity (Wildman–Crippen MR) is 113 cm³/mol. The molecule has 0 aliphatic carbocycles. The number of ether oxygens (including phenoxy) is 2. The van der Waals surface area contributed by atoms with E-state index >= 15 is 0 Å². The van der Waals surface area contributed by atoms with E-state index in [9.17, 15) is 9.59 Å². The average molecular weight is 401 g/mol. The molecule has 1 amide bonds. The molecule has 152 valence electrons. The SMILES string of the molecule is C[C@@H](OC(=O)c1ccc(Oc2ccccc2)cc1)C(=O)N1CCc2ccccc2C1. The van der Waals surface area contributed by atoms with Gasteiger partial charge < -0.3 is 14.4 Å². The largest absolute Gasteiger partial charge is 0.457 e. The molecule has 0 radical (unpaired) electrons. The smallest absolute Gasteiger partial charge is 0.338 e. The van der Waals surface area contributed by atoms with Crippen LogP contribution >= 0.6 is 0 Å². The van der Waals surface area contributed by atoms with Gasteiger partial charge in [0.15, 0.2) is 6.10 Å². The highest BCUT2D eigenvalue weighted by Crippen LogP contribution is 2.22. The summed E-state index contributed by atoms with van der Waals surface area (Å²) in [5.74, 6) is 0.630. The molecule has 1 aliphatic rings. The second kappa shape index (κ2) is 8.82. The summed E-state index contributed by atoms with van der Waals surface area (Å²) in [5.41, 5.74) is 2.78. The minimum Gasteiger partial charge on any atom is -0.457 e. The Hall–Kier alpha value is -3.60. The molecule has 0 bridgehead atoms. The fourth-order valence-corrected chi connectivity index (χ4v) is 3.50. The van der Waals surface area contributed by atoms with E-state index in [-0.39, 0.29) is 5.91 Å². The molecule has 0 saturated heterocycles. The molecule has 5 nitrogen and oxygen atoms in total. The lowest BCUT2D eigenvalue weighted by atomic mass is 9.99. The number of esters is 1. The first kappa shape index (κ1) is 19.7. The van der Waals surface area contributed by atoms with Crippen molar-refractivity contribution in [3.63, 3.8) is 0 Å². The summed E-state index contributed by atoms with van der Waals surface area (Å²) < 4.78 is 11.2. The molecule has 4 rings (SSSR count). The van der Waals surface area contributed by atoms with Crippen molar-refractivity contribution in [2.75, 3.05) is 6.54 Å². The summed E-state index contributed by atoms with van der Waals surface area (Å²) >= 11 is 0. The van der Waals surface area contributed by atoms with Gasteiger partial charge in [0.25, 0.3) is 5.91 Å². The van der Waals surface area contributed by atoms with Crippen LogP contribution < -0.4 is 4.74 Å². The van der Waals surface area contributed by atoms with Gasteiger partial charge in [-0.2, -0.15) is 0 Å². The molecule has 1 heterocycles. The van der Waals surface area contributed by atoms with Crippen LogP contribution in [0.4, 0.5) is 0 Å². The van der Waals surface area contributed by atoms with Crippen molar-refractivity contribution < 1.29 is 19.1 Å². The normalized spacial score (nSPS) is 13.8. The van der Waals surface area contributed by atoms with Crippen LogP contribution in [0.3, 0.4) is 0 Å². The van der Waals surface area contributed by atoms with Gasteiger partial charge in [-0.1, -0.05) is 42.5 Å². The lowest BCUT2D eigenvalue weighted by Gasteiger charge is -2.30. The van der Waals surface area contributed by atoms with Crippen LogP contribution in [0.25, 0.3) is 0 Å². The molecule has 0 spiro atoms. The first-order chi connectivity index (χ1) is 14.6. The zero-order valence-electron chi connectivity index (χ0n) is 16.8. The number of para-hydroxylation sites is 1. The quantitative estimate of drug-likeness (QED) is 0.586. The van der Waals surface area contributed by atoms with Crippen LogP contribution in [0.15, 0.2) is 78.9 Å². The van der Waals surface area contributed by atoms with E-state index in [1.54, 1.807) is 36.1 Å². The summed E-state index contributed by atoms with van der Waals surface area (Å²) in [5, 5.41) is 0. The molecule has 5 heteroatoms. The van der Waals surface area contributed by atoms with Crippen molar-refractivity contribution in [1.82, 2.24) is 4.90 Å². The number of rotatable bonds is 5. The van der Waals surface area contributed by atoms with Gasteiger partial charge in [-0.25, -0.2) is 4.79 Å². The van der Waals surface area contributed by atoms with Crippen LogP contribution in [0.1, 0.15) is 28.4 Å². The molecular weight excluding hydrogens is 378 g/mol. The second-order valence-corrected chi connectivity index (χ2v) is 7.27. The lowest BCUT2D eigenvalue weighted by molar-refractivity contribution is -0.140. The molecule has 0 unspecified atom stereocenters. The van der Waals surface area contributed by atoms with Gasteiger partial charge in [0, 0.05) is 13.1 Å². The van der Waals surface area contributed by atoms with Crippen molar-refractivity contribution in [3.05, 3.63) is 95.6 Å². The molecule has 0 aromatic heterocycles. The maximum Gasteiger partial charge on any atom is 0.338 e. The van der Waals surface area contributed by atoms with Crippen molar-refractivity contribution in [1.29, 1.82) is 0 Å². The summed E-state index contributed by atoms with van der Waals surface area (Å²) in [7, 11) is 0. The van der Waals surface area contributed by atoms with Crippen molar-refractivity contribution in [2.45, 2.75) is 26.0 Å². The number of fused-ring (bicyclic) bond motifs is 1. The lowest BCUT2D eigenvalue weighted by Crippen LogP contribution is -2.42. The first-order valence-electron chi connectivity index (χ1n) is 9.99. The number of hydrogen-bond acceptors (Lipinski definition) is 4. The van der Waals surface area contributed by atoms with Gasteiger partial charge in [-0.05, 0) is 60.9 Å². The molecule has 0 N–H and O–H groups in total. The van der Waals surface area contributed by atoms with Gasteiger partial charge in [0.05, 0.1) is 5.56 Å². The monoisotopic (exact) mass is 401 g/mol. The Morgan fingerprint density at radius 1 is 0.833 bits per heavy atom. The number of hydrogen-bond donors (Lipinski definition) is 0. The molecule has 1 aliphatic heterocycles. The van der Waals surface area contributed by atoms with E-state index in [0.717, 1.165) is 17.7 Å². The van der Waals surface area contributed by atoms with Crippen LogP contribution in [-0.4, -0.2) is 29.4 Å². The Morgan fingerprint density at radius 3 is 2.20 bits per heavy atom. The van der Waals surface area contributed by atoms with E-state index in [2.05, 4.69) is 6.07 Å². The van der Waals surface area contributed by atoms with Crippen molar-refractivity contribution in [2.24, 2.45) is 0 Å². The molecule has 0 fully saturated rings. The van der Waals surface area contributed by atoms with Crippen LogP contribution in [0, 0.1) is 0 Å². The maximum absolute atomic E-state index is 12.8. The Kier molecular flexibility index (Phi) is 5.80. The summed E-state index contributed by atoms with van der Waals surface area (Å²) in [6.45, 7) is 2.79. The Bertz CT molecular complexity index is 1030. The van der Waals surface area contributed by atoms with Crippen molar-refractivity contribution in [3.8, 4) is 11.5 Å². The molecular formula is C25H23NO4. The minimum absolute atomic E-state index is 0.179. The Morgan fingerprint density at radius 2 is 1.47 bits per heavy atom. The summed E-state index contributed by atoms with van der Waals surface area (Å²) in [6, 6.07) is 24.2. The molecule has 3 aromatic carbocycles. The zero-order chi connectivity index (χ0) is 20.9. The molecule has 1 atom stereocenters. The van der Waals surface area contributed by atoms with E-state index in [0.29, 0.717) is 24.4 Å². The molecule has 3 aromatic rings. The highest BCUT2D eigenvalue weighted by molar-refractivity contribution is 5.92. The third kappa shape index (κ3) is 4.51. The summed E-state index contributed by atoms with van der Waals surface area (Å²) in [6.07, 6.45) is -0.0335. The van der Waals surface area contributed by atoms with Gasteiger partial charge in [-0.3, -0.25) is 4.79 Å². The predicted octanol–water partition coefficient (Wildman–Crippen LogP) is 4.61. The standard InChI is InChI=1S/C25H23NO4/c1-18(24(27)26-16-15-19-7-5-6-8-21(19)17-26)29-25(28)20-11-13-23(14-12-20)30-22-9-3-2-4-10-22/h2-14,18H,15-17H2,1H3/t18-/m1/s1. The number of benzene rings is 3. The zero-order valence-corrected chi connectivity index (χ0v) is 16.8. The van der Waals surface area contributed by atoms with Crippen LogP contribution in [0.2, 0.25) is 0 Å². The molecule has 0 saturated carbocycles. The number of carbonyl (C=O) groups excluding carboxylic acids is 2. The summed E-state index contributed by atoms with van der Waals surface area (Å²) in [4.78, 5) is 27.0. The van der Waals surface area contributed by atoms with Gasteiger partial charge in [0.2, 0.25) is 0 Å². The third-order valence-electron chi connectivity index (χ3n) is 5.14.